The SMILES string of the molecule is Cc1ccc(NC(=O)c2nc(C(=O)NCCc3ccccc3)n3ccccc23)cc1. The second-order valence-corrected chi connectivity index (χ2v) is 7.05. The molecule has 0 radical (unpaired) electrons. The molecular formula is C24H22N4O2. The van der Waals surface area contributed by atoms with E-state index in [0.717, 1.165) is 17.5 Å². The third kappa shape index (κ3) is 4.22. The first-order chi connectivity index (χ1) is 14.6. The number of nitrogens with one attached hydrogen (secondary N) is 2. The number of pyridine rings is 1. The van der Waals surface area contributed by atoms with Crippen LogP contribution < -0.4 is 10.6 Å². The van der Waals surface area contributed by atoms with Gasteiger partial charge in [-0.05, 0) is 43.2 Å². The van der Waals surface area contributed by atoms with Gasteiger partial charge >= 0.3 is 0 Å². The van der Waals surface area contributed by atoms with Gasteiger partial charge in [0.25, 0.3) is 11.8 Å². The Morgan fingerprint density at radius 1 is 0.900 bits per heavy atom. The number of nitrogens with zero attached hydrogens (tertiary/aromatic N) is 2. The molecule has 0 aliphatic carbocycles. The van der Waals surface area contributed by atoms with Crippen LogP contribution in [0.5, 0.6) is 0 Å². The Balaban J connectivity index is 1.53. The van der Waals surface area contributed by atoms with Crippen molar-refractivity contribution in [3.8, 4) is 0 Å². The average Bonchev–Trinajstić information content (AvgIpc) is 3.16. The maximum Gasteiger partial charge on any atom is 0.287 e. The average molecular weight is 398 g/mol. The van der Waals surface area contributed by atoms with Crippen LogP contribution in [0.2, 0.25) is 0 Å². The van der Waals surface area contributed by atoms with Crippen molar-refractivity contribution in [2.24, 2.45) is 0 Å². The predicted molar refractivity (Wildman–Crippen MR) is 117 cm³/mol. The first-order valence-corrected chi connectivity index (χ1v) is 9.79. The molecule has 0 saturated carbocycles. The molecule has 2 aromatic carbocycles. The molecule has 6 heteroatoms. The lowest BCUT2D eigenvalue weighted by molar-refractivity contribution is 0.0943. The van der Waals surface area contributed by atoms with E-state index in [-0.39, 0.29) is 23.3 Å². The van der Waals surface area contributed by atoms with Gasteiger partial charge in [0.1, 0.15) is 0 Å². The Bertz CT molecular complexity index is 1180. The fourth-order valence-electron chi connectivity index (χ4n) is 3.24. The van der Waals surface area contributed by atoms with E-state index in [1.54, 1.807) is 22.7 Å². The van der Waals surface area contributed by atoms with E-state index >= 15 is 0 Å². The molecule has 2 N–H and O–H groups in total. The summed E-state index contributed by atoms with van der Waals surface area (Å²) in [5.41, 5.74) is 3.72. The Morgan fingerprint density at radius 3 is 2.40 bits per heavy atom. The van der Waals surface area contributed by atoms with Gasteiger partial charge in [0.15, 0.2) is 5.69 Å². The van der Waals surface area contributed by atoms with Gasteiger partial charge in [-0.3, -0.25) is 14.0 Å². The lowest BCUT2D eigenvalue weighted by atomic mass is 10.1. The van der Waals surface area contributed by atoms with Crippen molar-refractivity contribution in [2.45, 2.75) is 13.3 Å². The summed E-state index contributed by atoms with van der Waals surface area (Å²) in [5.74, 6) is -0.486. The Hall–Kier alpha value is -3.93. The summed E-state index contributed by atoms with van der Waals surface area (Å²) in [5, 5.41) is 5.74. The van der Waals surface area contributed by atoms with Crippen LogP contribution in [0, 0.1) is 6.92 Å². The maximum absolute atomic E-state index is 12.8. The molecule has 0 bridgehead atoms. The molecule has 0 atom stereocenters. The molecule has 0 aliphatic rings. The van der Waals surface area contributed by atoms with Gasteiger partial charge in [-0.2, -0.15) is 0 Å². The number of amides is 2. The zero-order valence-electron chi connectivity index (χ0n) is 16.6. The largest absolute Gasteiger partial charge is 0.349 e. The zero-order chi connectivity index (χ0) is 20.9. The summed E-state index contributed by atoms with van der Waals surface area (Å²) in [4.78, 5) is 30.0. The van der Waals surface area contributed by atoms with E-state index in [1.807, 2.05) is 67.6 Å². The van der Waals surface area contributed by atoms with Gasteiger partial charge in [-0.1, -0.05) is 54.1 Å². The summed E-state index contributed by atoms with van der Waals surface area (Å²) < 4.78 is 1.64. The molecule has 0 unspecified atom stereocenters. The highest BCUT2D eigenvalue weighted by Gasteiger charge is 2.21. The van der Waals surface area contributed by atoms with Crippen LogP contribution >= 0.6 is 0 Å². The van der Waals surface area contributed by atoms with Crippen molar-refractivity contribution in [2.75, 3.05) is 11.9 Å². The lowest BCUT2D eigenvalue weighted by Crippen LogP contribution is -2.27. The van der Waals surface area contributed by atoms with E-state index in [4.69, 9.17) is 0 Å². The van der Waals surface area contributed by atoms with Crippen LogP contribution in [0.15, 0.2) is 79.0 Å². The molecule has 2 aromatic heterocycles. The topological polar surface area (TPSA) is 75.5 Å². The van der Waals surface area contributed by atoms with Gasteiger partial charge in [0.05, 0.1) is 5.52 Å². The number of imidazole rings is 1. The number of hydrogen-bond donors (Lipinski definition) is 2. The summed E-state index contributed by atoms with van der Waals surface area (Å²) in [6, 6.07) is 22.9. The minimum Gasteiger partial charge on any atom is -0.349 e. The molecule has 4 aromatic rings. The number of aryl methyl sites for hydroxylation is 1. The molecule has 150 valence electrons. The van der Waals surface area contributed by atoms with E-state index in [2.05, 4.69) is 15.6 Å². The minimum absolute atomic E-state index is 0.188. The van der Waals surface area contributed by atoms with Crippen LogP contribution in [0.3, 0.4) is 0 Å². The number of carbonyl (C=O) groups excluding carboxylic acids is 2. The van der Waals surface area contributed by atoms with Crippen LogP contribution in [-0.4, -0.2) is 27.7 Å². The highest BCUT2D eigenvalue weighted by molar-refractivity contribution is 6.08. The number of rotatable bonds is 6. The van der Waals surface area contributed by atoms with Crippen LogP contribution in [0.1, 0.15) is 32.2 Å². The third-order valence-corrected chi connectivity index (χ3v) is 4.82. The van der Waals surface area contributed by atoms with E-state index in [9.17, 15) is 9.59 Å². The van der Waals surface area contributed by atoms with Gasteiger partial charge in [0.2, 0.25) is 5.82 Å². The maximum atomic E-state index is 12.8. The monoisotopic (exact) mass is 398 g/mol. The van der Waals surface area contributed by atoms with Crippen molar-refractivity contribution in [3.63, 3.8) is 0 Å². The quantitative estimate of drug-likeness (QED) is 0.518. The smallest absolute Gasteiger partial charge is 0.287 e. The van der Waals surface area contributed by atoms with Crippen molar-refractivity contribution in [1.82, 2.24) is 14.7 Å². The molecule has 2 amide bonds. The van der Waals surface area contributed by atoms with Crippen molar-refractivity contribution in [3.05, 3.63) is 102 Å². The fourth-order valence-corrected chi connectivity index (χ4v) is 3.24. The summed E-state index contributed by atoms with van der Waals surface area (Å²) >= 11 is 0. The minimum atomic E-state index is -0.356. The molecule has 6 nitrogen and oxygen atoms in total. The molecule has 0 saturated heterocycles. The summed E-state index contributed by atoms with van der Waals surface area (Å²) in [6.07, 6.45) is 2.45. The molecule has 30 heavy (non-hydrogen) atoms. The fraction of sp³-hybridized carbons (Fsp3) is 0.125. The third-order valence-electron chi connectivity index (χ3n) is 4.82. The summed E-state index contributed by atoms with van der Waals surface area (Å²) in [7, 11) is 0. The lowest BCUT2D eigenvalue weighted by Gasteiger charge is -2.04. The molecule has 0 spiro atoms. The molecule has 0 aliphatic heterocycles. The summed E-state index contributed by atoms with van der Waals surface area (Å²) in [6.45, 7) is 2.46. The highest BCUT2D eigenvalue weighted by Crippen LogP contribution is 2.16. The number of carbonyl (C=O) groups is 2. The van der Waals surface area contributed by atoms with E-state index in [1.165, 1.54) is 0 Å². The number of hydrogen-bond acceptors (Lipinski definition) is 3. The normalized spacial score (nSPS) is 10.7. The van der Waals surface area contributed by atoms with Gasteiger partial charge in [-0.25, -0.2) is 4.98 Å². The van der Waals surface area contributed by atoms with Crippen molar-refractivity contribution in [1.29, 1.82) is 0 Å². The predicted octanol–water partition coefficient (Wildman–Crippen LogP) is 3.87. The second-order valence-electron chi connectivity index (χ2n) is 7.05. The standard InChI is InChI=1S/C24H22N4O2/c1-17-10-12-19(13-11-17)26-23(29)21-20-9-5-6-16-28(20)22(27-21)24(30)25-15-14-18-7-3-2-4-8-18/h2-13,16H,14-15H2,1H3,(H,25,30)(H,26,29). The van der Waals surface area contributed by atoms with Crippen molar-refractivity contribution >= 4 is 23.0 Å². The second kappa shape index (κ2) is 8.61. The number of aromatic nitrogens is 2. The molecular weight excluding hydrogens is 376 g/mol. The molecule has 4 rings (SSSR count). The first-order valence-electron chi connectivity index (χ1n) is 9.79. The van der Waals surface area contributed by atoms with Crippen LogP contribution in [0.4, 0.5) is 5.69 Å². The van der Waals surface area contributed by atoms with Crippen molar-refractivity contribution < 1.29 is 9.59 Å². The molecule has 2 heterocycles. The molecule has 0 fully saturated rings. The Kier molecular flexibility index (Phi) is 5.57. The highest BCUT2D eigenvalue weighted by atomic mass is 16.2. The van der Waals surface area contributed by atoms with Gasteiger partial charge in [-0.15, -0.1) is 0 Å². The van der Waals surface area contributed by atoms with E-state index < -0.39 is 0 Å². The Morgan fingerprint density at radius 2 is 1.63 bits per heavy atom. The van der Waals surface area contributed by atoms with Crippen LogP contribution in [-0.2, 0) is 6.42 Å². The first kappa shape index (κ1) is 19.4. The number of fused-ring (bicyclic) bond motifs is 1. The Labute approximate surface area is 174 Å². The van der Waals surface area contributed by atoms with Gasteiger partial charge < -0.3 is 10.6 Å². The number of anilines is 1. The van der Waals surface area contributed by atoms with E-state index in [0.29, 0.717) is 17.7 Å². The number of benzene rings is 2. The zero-order valence-corrected chi connectivity index (χ0v) is 16.6. The van der Waals surface area contributed by atoms with Crippen LogP contribution in [0.25, 0.3) is 5.52 Å². The van der Waals surface area contributed by atoms with Gasteiger partial charge in [0, 0.05) is 18.4 Å².